The van der Waals surface area contributed by atoms with Crippen molar-refractivity contribution in [1.82, 2.24) is 15.1 Å². The van der Waals surface area contributed by atoms with Crippen LogP contribution in [0.1, 0.15) is 11.1 Å². The highest BCUT2D eigenvalue weighted by Crippen LogP contribution is 2.20. The number of likely N-dealkylation sites (N-methyl/N-ethyl adjacent to an activating group) is 1. The maximum atomic E-state index is 9.92. The highest BCUT2D eigenvalue weighted by molar-refractivity contribution is 5.39. The third kappa shape index (κ3) is 4.20. The van der Waals surface area contributed by atoms with Gasteiger partial charge in [0, 0.05) is 51.4 Å². The number of aryl methyl sites for hydroxylation is 1. The molecule has 1 fully saturated rings. The first-order chi connectivity index (χ1) is 9.16. The predicted octanol–water partition coefficient (Wildman–Crippen LogP) is 1.04. The number of phenolic OH excluding ortho intramolecular Hbond substituents is 1. The molecular weight excluding hydrogens is 238 g/mol. The van der Waals surface area contributed by atoms with Gasteiger partial charge >= 0.3 is 0 Å². The molecule has 2 rings (SSSR count). The lowest BCUT2D eigenvalue weighted by molar-refractivity contribution is 0.154. The Labute approximate surface area is 116 Å². The summed E-state index contributed by atoms with van der Waals surface area (Å²) in [4.78, 5) is 4.86. The molecule has 1 aromatic carbocycles. The Morgan fingerprint density at radius 3 is 2.68 bits per heavy atom. The van der Waals surface area contributed by atoms with E-state index >= 15 is 0 Å². The van der Waals surface area contributed by atoms with Gasteiger partial charge in [-0.3, -0.25) is 4.90 Å². The van der Waals surface area contributed by atoms with E-state index in [1.165, 1.54) is 13.1 Å². The summed E-state index contributed by atoms with van der Waals surface area (Å²) in [5, 5.41) is 13.3. The Balaban J connectivity index is 1.68. The smallest absolute Gasteiger partial charge is 0.122 e. The van der Waals surface area contributed by atoms with E-state index in [1.54, 1.807) is 0 Å². The Hall–Kier alpha value is -1.10. The van der Waals surface area contributed by atoms with E-state index in [2.05, 4.69) is 22.2 Å². The van der Waals surface area contributed by atoms with Crippen LogP contribution >= 0.6 is 0 Å². The summed E-state index contributed by atoms with van der Waals surface area (Å²) in [6, 6.07) is 5.90. The van der Waals surface area contributed by atoms with Crippen molar-refractivity contribution in [3.8, 4) is 5.75 Å². The molecule has 0 radical (unpaired) electrons. The second-order valence-electron chi connectivity index (χ2n) is 5.40. The largest absolute Gasteiger partial charge is 0.507 e. The van der Waals surface area contributed by atoms with Gasteiger partial charge in [0.2, 0.25) is 0 Å². The zero-order chi connectivity index (χ0) is 13.7. The summed E-state index contributed by atoms with van der Waals surface area (Å²) in [5.74, 6) is 0.426. The molecule has 2 N–H and O–H groups in total. The van der Waals surface area contributed by atoms with E-state index in [0.717, 1.165) is 43.9 Å². The fraction of sp³-hybridized carbons (Fsp3) is 0.600. The summed E-state index contributed by atoms with van der Waals surface area (Å²) in [5.41, 5.74) is 1.93. The van der Waals surface area contributed by atoms with Crippen molar-refractivity contribution in [2.24, 2.45) is 0 Å². The van der Waals surface area contributed by atoms with Gasteiger partial charge in [-0.25, -0.2) is 0 Å². The minimum absolute atomic E-state index is 0.426. The van der Waals surface area contributed by atoms with Crippen LogP contribution < -0.4 is 5.32 Å². The van der Waals surface area contributed by atoms with E-state index in [0.29, 0.717) is 5.75 Å². The van der Waals surface area contributed by atoms with Gasteiger partial charge in [0.05, 0.1) is 0 Å². The number of nitrogens with one attached hydrogen (secondary N) is 1. The first kappa shape index (κ1) is 14.3. The van der Waals surface area contributed by atoms with Crippen LogP contribution in [0.2, 0.25) is 0 Å². The van der Waals surface area contributed by atoms with Crippen molar-refractivity contribution in [2.75, 3.05) is 46.3 Å². The monoisotopic (exact) mass is 263 g/mol. The molecule has 0 atom stereocenters. The van der Waals surface area contributed by atoms with Gasteiger partial charge in [-0.2, -0.15) is 0 Å². The third-order valence-corrected chi connectivity index (χ3v) is 3.84. The number of aromatic hydroxyl groups is 1. The number of hydrogen-bond donors (Lipinski definition) is 2. The fourth-order valence-electron chi connectivity index (χ4n) is 2.39. The van der Waals surface area contributed by atoms with E-state index in [1.807, 2.05) is 25.1 Å². The number of hydrogen-bond acceptors (Lipinski definition) is 4. The van der Waals surface area contributed by atoms with Crippen molar-refractivity contribution >= 4 is 0 Å². The third-order valence-electron chi connectivity index (χ3n) is 3.84. The van der Waals surface area contributed by atoms with Crippen molar-refractivity contribution in [1.29, 1.82) is 0 Å². The summed E-state index contributed by atoms with van der Waals surface area (Å²) >= 11 is 0. The molecule has 0 bridgehead atoms. The Morgan fingerprint density at radius 2 is 1.95 bits per heavy atom. The quantitative estimate of drug-likeness (QED) is 0.779. The Bertz CT molecular complexity index is 400. The zero-order valence-electron chi connectivity index (χ0n) is 12.0. The minimum Gasteiger partial charge on any atom is -0.507 e. The van der Waals surface area contributed by atoms with Gasteiger partial charge in [0.1, 0.15) is 5.75 Å². The topological polar surface area (TPSA) is 38.7 Å². The van der Waals surface area contributed by atoms with Crippen LogP contribution in [-0.2, 0) is 6.54 Å². The second kappa shape index (κ2) is 6.89. The van der Waals surface area contributed by atoms with Crippen molar-refractivity contribution in [3.63, 3.8) is 0 Å². The van der Waals surface area contributed by atoms with Crippen LogP contribution in [0, 0.1) is 6.92 Å². The number of phenols is 1. The number of benzene rings is 1. The molecular formula is C15H25N3O. The summed E-state index contributed by atoms with van der Waals surface area (Å²) in [6.07, 6.45) is 0. The van der Waals surface area contributed by atoms with Gasteiger partial charge in [-0.05, 0) is 19.5 Å². The standard InChI is InChI=1S/C15H25N3O/c1-13-4-3-5-14(15(13)19)12-16-6-7-18-10-8-17(2)9-11-18/h3-5,16,19H,6-12H2,1-2H3. The first-order valence-corrected chi connectivity index (χ1v) is 7.06. The number of rotatable bonds is 5. The van der Waals surface area contributed by atoms with Crippen LogP contribution in [-0.4, -0.2) is 61.2 Å². The highest BCUT2D eigenvalue weighted by atomic mass is 16.3. The summed E-state index contributed by atoms with van der Waals surface area (Å²) < 4.78 is 0. The molecule has 0 saturated carbocycles. The highest BCUT2D eigenvalue weighted by Gasteiger charge is 2.12. The summed E-state index contributed by atoms with van der Waals surface area (Å²) in [7, 11) is 2.18. The van der Waals surface area contributed by atoms with Crippen molar-refractivity contribution < 1.29 is 5.11 Å². The molecule has 4 heteroatoms. The van der Waals surface area contributed by atoms with Gasteiger partial charge < -0.3 is 15.3 Å². The van der Waals surface area contributed by atoms with E-state index in [-0.39, 0.29) is 0 Å². The maximum Gasteiger partial charge on any atom is 0.122 e. The lowest BCUT2D eigenvalue weighted by Crippen LogP contribution is -2.46. The molecule has 1 saturated heterocycles. The minimum atomic E-state index is 0.426. The molecule has 4 nitrogen and oxygen atoms in total. The first-order valence-electron chi connectivity index (χ1n) is 7.06. The van der Waals surface area contributed by atoms with E-state index in [9.17, 15) is 5.11 Å². The number of para-hydroxylation sites is 1. The second-order valence-corrected chi connectivity index (χ2v) is 5.40. The SMILES string of the molecule is Cc1cccc(CNCCN2CCN(C)CC2)c1O. The average Bonchev–Trinajstić information content (AvgIpc) is 2.41. The molecule has 1 aliphatic rings. The molecule has 106 valence electrons. The summed E-state index contributed by atoms with van der Waals surface area (Å²) in [6.45, 7) is 9.38. The van der Waals surface area contributed by atoms with Crippen LogP contribution in [0.5, 0.6) is 5.75 Å². The molecule has 0 aliphatic carbocycles. The molecule has 0 aromatic heterocycles. The van der Waals surface area contributed by atoms with Gasteiger partial charge in [-0.15, -0.1) is 0 Å². The van der Waals surface area contributed by atoms with Crippen molar-refractivity contribution in [2.45, 2.75) is 13.5 Å². The van der Waals surface area contributed by atoms with Crippen molar-refractivity contribution in [3.05, 3.63) is 29.3 Å². The predicted molar refractivity (Wildman–Crippen MR) is 78.5 cm³/mol. The number of nitrogens with zero attached hydrogens (tertiary/aromatic N) is 2. The molecule has 0 spiro atoms. The lowest BCUT2D eigenvalue weighted by Gasteiger charge is -2.32. The van der Waals surface area contributed by atoms with Gasteiger partial charge in [-0.1, -0.05) is 18.2 Å². The van der Waals surface area contributed by atoms with Crippen LogP contribution in [0.15, 0.2) is 18.2 Å². The normalized spacial score (nSPS) is 17.8. The Kier molecular flexibility index (Phi) is 5.19. The van der Waals surface area contributed by atoms with Crippen LogP contribution in [0.4, 0.5) is 0 Å². The van der Waals surface area contributed by atoms with Gasteiger partial charge in [0.15, 0.2) is 0 Å². The maximum absolute atomic E-state index is 9.92. The molecule has 19 heavy (non-hydrogen) atoms. The lowest BCUT2D eigenvalue weighted by atomic mass is 10.1. The molecule has 1 aromatic rings. The fourth-order valence-corrected chi connectivity index (χ4v) is 2.39. The van der Waals surface area contributed by atoms with Crippen LogP contribution in [0.3, 0.4) is 0 Å². The van der Waals surface area contributed by atoms with E-state index < -0.39 is 0 Å². The zero-order valence-corrected chi connectivity index (χ0v) is 12.0. The molecule has 0 amide bonds. The number of piperazine rings is 1. The molecule has 1 heterocycles. The van der Waals surface area contributed by atoms with E-state index in [4.69, 9.17) is 0 Å². The Morgan fingerprint density at radius 1 is 1.21 bits per heavy atom. The van der Waals surface area contributed by atoms with Crippen LogP contribution in [0.25, 0.3) is 0 Å². The molecule has 0 unspecified atom stereocenters. The van der Waals surface area contributed by atoms with Gasteiger partial charge in [0.25, 0.3) is 0 Å². The molecule has 1 aliphatic heterocycles. The average molecular weight is 263 g/mol.